The number of aromatic nitrogens is 2. The van der Waals surface area contributed by atoms with Crippen LogP contribution in [0.4, 0.5) is 0 Å². The van der Waals surface area contributed by atoms with Crippen LogP contribution in [0.5, 0.6) is 17.4 Å². The number of likely N-dealkylation sites (tertiary alicyclic amines) is 1. The number of nitrogens with zero attached hydrogens (tertiary/aromatic N) is 3. The molecule has 0 aliphatic carbocycles. The van der Waals surface area contributed by atoms with E-state index >= 15 is 0 Å². The van der Waals surface area contributed by atoms with Gasteiger partial charge in [-0.05, 0) is 51.0 Å². The maximum Gasteiger partial charge on any atom is 0.254 e. The fraction of sp³-hybridized carbons (Fsp3) is 0.450. The van der Waals surface area contributed by atoms with Crippen molar-refractivity contribution in [2.75, 3.05) is 26.3 Å². The van der Waals surface area contributed by atoms with Gasteiger partial charge in [0.2, 0.25) is 5.88 Å². The molecule has 0 bridgehead atoms. The normalized spacial score (nSPS) is 16.7. The Kier molecular flexibility index (Phi) is 6.46. The Labute approximate surface area is 159 Å². The Hall–Kier alpha value is -2.83. The van der Waals surface area contributed by atoms with Crippen LogP contribution in [0.15, 0.2) is 36.5 Å². The number of rotatable bonds is 7. The molecule has 0 radical (unpaired) electrons. The summed E-state index contributed by atoms with van der Waals surface area (Å²) >= 11 is 0. The van der Waals surface area contributed by atoms with Crippen molar-refractivity contribution in [2.45, 2.75) is 32.8 Å². The predicted molar refractivity (Wildman–Crippen MR) is 100 cm³/mol. The molecule has 144 valence electrons. The van der Waals surface area contributed by atoms with Crippen molar-refractivity contribution < 1.29 is 19.0 Å². The molecule has 1 atom stereocenters. The molecular weight excluding hydrogens is 346 g/mol. The molecule has 1 aliphatic rings. The van der Waals surface area contributed by atoms with Gasteiger partial charge in [0, 0.05) is 24.4 Å². The highest BCUT2D eigenvalue weighted by Crippen LogP contribution is 2.29. The molecule has 0 N–H and O–H groups in total. The van der Waals surface area contributed by atoms with Gasteiger partial charge in [-0.25, -0.2) is 0 Å². The van der Waals surface area contributed by atoms with Crippen LogP contribution in [0.1, 0.15) is 37.0 Å². The van der Waals surface area contributed by atoms with E-state index in [4.69, 9.17) is 14.2 Å². The smallest absolute Gasteiger partial charge is 0.254 e. The Morgan fingerprint density at radius 2 is 2.00 bits per heavy atom. The third-order valence-electron chi connectivity index (χ3n) is 4.29. The predicted octanol–water partition coefficient (Wildman–Crippen LogP) is 2.96. The number of amides is 1. The lowest BCUT2D eigenvalue weighted by atomic mass is 10.1. The number of ether oxygens (including phenoxy) is 3. The number of hydrogen-bond donors (Lipinski definition) is 0. The summed E-state index contributed by atoms with van der Waals surface area (Å²) in [6, 6.07) is 8.88. The number of hydrogen-bond acceptors (Lipinski definition) is 6. The number of benzene rings is 1. The van der Waals surface area contributed by atoms with Crippen molar-refractivity contribution in [1.82, 2.24) is 15.1 Å². The van der Waals surface area contributed by atoms with E-state index < -0.39 is 0 Å². The van der Waals surface area contributed by atoms with Gasteiger partial charge in [0.1, 0.15) is 6.10 Å². The molecule has 7 nitrogen and oxygen atoms in total. The van der Waals surface area contributed by atoms with Crippen LogP contribution in [0, 0.1) is 0 Å². The van der Waals surface area contributed by atoms with Gasteiger partial charge in [-0.1, -0.05) is 0 Å². The monoisotopic (exact) mass is 371 g/mol. The number of piperidine rings is 1. The minimum absolute atomic E-state index is 0.0357. The summed E-state index contributed by atoms with van der Waals surface area (Å²) in [6.07, 6.45) is 3.28. The van der Waals surface area contributed by atoms with E-state index in [9.17, 15) is 4.79 Å². The molecule has 1 aliphatic heterocycles. The second kappa shape index (κ2) is 9.21. The second-order valence-electron chi connectivity index (χ2n) is 6.22. The first kappa shape index (κ1) is 18.9. The first-order chi connectivity index (χ1) is 13.2. The summed E-state index contributed by atoms with van der Waals surface area (Å²) in [7, 11) is 0. The maximum atomic E-state index is 13.0. The van der Waals surface area contributed by atoms with Crippen LogP contribution in [0.25, 0.3) is 0 Å². The van der Waals surface area contributed by atoms with Crippen molar-refractivity contribution in [2.24, 2.45) is 0 Å². The quantitative estimate of drug-likeness (QED) is 0.745. The fourth-order valence-corrected chi connectivity index (χ4v) is 3.11. The third kappa shape index (κ3) is 4.87. The Morgan fingerprint density at radius 3 is 2.74 bits per heavy atom. The SMILES string of the molecule is CCOc1ccc(C(=O)N2CCCC(Oc3cccnn3)C2)cc1OCC. The minimum Gasteiger partial charge on any atom is -0.490 e. The average molecular weight is 371 g/mol. The Morgan fingerprint density at radius 1 is 1.19 bits per heavy atom. The Bertz CT molecular complexity index is 754. The first-order valence-electron chi connectivity index (χ1n) is 9.34. The molecule has 27 heavy (non-hydrogen) atoms. The molecule has 0 saturated carbocycles. The lowest BCUT2D eigenvalue weighted by Gasteiger charge is -2.32. The highest BCUT2D eigenvalue weighted by molar-refractivity contribution is 5.95. The standard InChI is InChI=1S/C20H25N3O4/c1-3-25-17-10-9-15(13-18(17)26-4-2)20(24)23-12-6-7-16(14-23)27-19-8-5-11-21-22-19/h5,8-11,13,16H,3-4,6-7,12,14H2,1-2H3. The van der Waals surface area contributed by atoms with Crippen LogP contribution in [0.2, 0.25) is 0 Å². The summed E-state index contributed by atoms with van der Waals surface area (Å²) in [6.45, 7) is 6.10. The largest absolute Gasteiger partial charge is 0.490 e. The van der Waals surface area contributed by atoms with Gasteiger partial charge >= 0.3 is 0 Å². The van der Waals surface area contributed by atoms with Gasteiger partial charge in [-0.2, -0.15) is 5.10 Å². The van der Waals surface area contributed by atoms with Crippen molar-refractivity contribution in [3.05, 3.63) is 42.1 Å². The van der Waals surface area contributed by atoms with E-state index in [0.717, 1.165) is 12.8 Å². The zero-order valence-electron chi connectivity index (χ0n) is 15.8. The average Bonchev–Trinajstić information content (AvgIpc) is 2.70. The molecule has 3 rings (SSSR count). The van der Waals surface area contributed by atoms with Crippen molar-refractivity contribution in [3.63, 3.8) is 0 Å². The number of carbonyl (C=O) groups is 1. The van der Waals surface area contributed by atoms with Crippen LogP contribution >= 0.6 is 0 Å². The summed E-state index contributed by atoms with van der Waals surface area (Å²) < 4.78 is 17.1. The van der Waals surface area contributed by atoms with Crippen LogP contribution < -0.4 is 14.2 Å². The molecule has 1 amide bonds. The van der Waals surface area contributed by atoms with Gasteiger partial charge in [0.15, 0.2) is 11.5 Å². The topological polar surface area (TPSA) is 73.8 Å². The van der Waals surface area contributed by atoms with Gasteiger partial charge < -0.3 is 19.1 Å². The van der Waals surface area contributed by atoms with Crippen molar-refractivity contribution in [3.8, 4) is 17.4 Å². The highest BCUT2D eigenvalue weighted by atomic mass is 16.5. The van der Waals surface area contributed by atoms with Gasteiger partial charge in [0.05, 0.1) is 19.8 Å². The summed E-state index contributed by atoms with van der Waals surface area (Å²) in [5.74, 6) is 1.69. The maximum absolute atomic E-state index is 13.0. The molecule has 1 unspecified atom stereocenters. The van der Waals surface area contributed by atoms with Gasteiger partial charge in [-0.15, -0.1) is 5.10 Å². The molecule has 0 spiro atoms. The van der Waals surface area contributed by atoms with Crippen molar-refractivity contribution in [1.29, 1.82) is 0 Å². The molecule has 1 aromatic heterocycles. The van der Waals surface area contributed by atoms with Crippen LogP contribution in [-0.4, -0.2) is 53.4 Å². The zero-order valence-corrected chi connectivity index (χ0v) is 15.8. The van der Waals surface area contributed by atoms with Crippen molar-refractivity contribution >= 4 is 5.91 Å². The fourth-order valence-electron chi connectivity index (χ4n) is 3.11. The molecule has 1 saturated heterocycles. The van der Waals surface area contributed by atoms with E-state index in [2.05, 4.69) is 10.2 Å². The molecule has 1 aromatic carbocycles. The molecule has 2 aromatic rings. The molecular formula is C20H25N3O4. The zero-order chi connectivity index (χ0) is 19.1. The third-order valence-corrected chi connectivity index (χ3v) is 4.29. The van der Waals surface area contributed by atoms with Crippen LogP contribution in [0.3, 0.4) is 0 Å². The van der Waals surface area contributed by atoms with Crippen LogP contribution in [-0.2, 0) is 0 Å². The second-order valence-corrected chi connectivity index (χ2v) is 6.22. The number of carbonyl (C=O) groups excluding carboxylic acids is 1. The lowest BCUT2D eigenvalue weighted by molar-refractivity contribution is 0.0525. The highest BCUT2D eigenvalue weighted by Gasteiger charge is 2.26. The molecule has 7 heteroatoms. The van der Waals surface area contributed by atoms with E-state index in [1.807, 2.05) is 18.7 Å². The Balaban J connectivity index is 1.70. The van der Waals surface area contributed by atoms with E-state index in [-0.39, 0.29) is 12.0 Å². The molecule has 1 fully saturated rings. The minimum atomic E-state index is -0.0894. The molecule has 2 heterocycles. The van der Waals surface area contributed by atoms with Gasteiger partial charge in [0.25, 0.3) is 5.91 Å². The van der Waals surface area contributed by atoms with E-state index in [0.29, 0.717) is 49.2 Å². The summed E-state index contributed by atoms with van der Waals surface area (Å²) in [5.41, 5.74) is 0.585. The lowest BCUT2D eigenvalue weighted by Crippen LogP contribution is -2.44. The summed E-state index contributed by atoms with van der Waals surface area (Å²) in [5, 5.41) is 7.78. The van der Waals surface area contributed by atoms with Gasteiger partial charge in [-0.3, -0.25) is 4.79 Å². The first-order valence-corrected chi connectivity index (χ1v) is 9.34. The summed E-state index contributed by atoms with van der Waals surface area (Å²) in [4.78, 5) is 14.8. The van der Waals surface area contributed by atoms with E-state index in [1.165, 1.54) is 0 Å². The van der Waals surface area contributed by atoms with E-state index in [1.54, 1.807) is 36.5 Å².